The maximum atomic E-state index is 11.7. The van der Waals surface area contributed by atoms with E-state index in [4.69, 9.17) is 4.74 Å². The number of hydrogen-bond acceptors (Lipinski definition) is 3. The summed E-state index contributed by atoms with van der Waals surface area (Å²) in [6.45, 7) is 2.03. The van der Waals surface area contributed by atoms with E-state index in [-0.39, 0.29) is 5.75 Å². The van der Waals surface area contributed by atoms with E-state index in [0.29, 0.717) is 11.5 Å². The van der Waals surface area contributed by atoms with Crippen LogP contribution in [-0.2, 0) is 20.3 Å². The van der Waals surface area contributed by atoms with Crippen molar-refractivity contribution in [2.24, 2.45) is 0 Å². The molecule has 0 aliphatic carbocycles. The lowest BCUT2D eigenvalue weighted by atomic mass is 10.4. The number of benzene rings is 1. The fraction of sp³-hybridized carbons (Fsp3) is 0.300. The van der Waals surface area contributed by atoms with E-state index >= 15 is 0 Å². The summed E-state index contributed by atoms with van der Waals surface area (Å²) in [6, 6.07) is 7.12. The third kappa shape index (κ3) is 3.76. The first kappa shape index (κ1) is 12.4. The highest BCUT2D eigenvalue weighted by Gasteiger charge is 2.12. The van der Waals surface area contributed by atoms with Gasteiger partial charge in [-0.05, 0) is 35.0 Å². The molecule has 1 atom stereocenters. The van der Waals surface area contributed by atoms with Crippen LogP contribution in [0.4, 0.5) is 0 Å². The maximum Gasteiger partial charge on any atom is 0.318 e. The van der Waals surface area contributed by atoms with E-state index in [1.54, 1.807) is 25.1 Å². The van der Waals surface area contributed by atoms with Crippen molar-refractivity contribution in [2.45, 2.75) is 11.8 Å². The summed E-state index contributed by atoms with van der Waals surface area (Å²) in [5, 5.41) is 0. The first-order chi connectivity index (χ1) is 7.15. The standard InChI is InChI=1S/C10H11BrO3S/c1-2-14-10(12)7-15(13)9-6-4-3-5-8(9)11/h3-6H,2,7H2,1H3. The zero-order valence-electron chi connectivity index (χ0n) is 8.23. The van der Waals surface area contributed by atoms with Crippen LogP contribution >= 0.6 is 15.9 Å². The average molecular weight is 291 g/mol. The summed E-state index contributed by atoms with van der Waals surface area (Å²) in [6.07, 6.45) is 0. The molecule has 0 radical (unpaired) electrons. The van der Waals surface area contributed by atoms with E-state index in [1.807, 2.05) is 6.07 Å². The maximum absolute atomic E-state index is 11.7. The Bertz CT molecular complexity index is 379. The summed E-state index contributed by atoms with van der Waals surface area (Å²) >= 11 is 3.28. The lowest BCUT2D eigenvalue weighted by molar-refractivity contribution is -0.139. The number of carbonyl (C=O) groups is 1. The van der Waals surface area contributed by atoms with Gasteiger partial charge in [0, 0.05) is 4.47 Å². The Kier molecular flexibility index (Phi) is 4.98. The van der Waals surface area contributed by atoms with Crippen LogP contribution in [0.25, 0.3) is 0 Å². The molecule has 3 nitrogen and oxygen atoms in total. The summed E-state index contributed by atoms with van der Waals surface area (Å²) < 4.78 is 17.2. The molecule has 1 unspecified atom stereocenters. The number of esters is 1. The Hall–Kier alpha value is -0.680. The van der Waals surface area contributed by atoms with Crippen molar-refractivity contribution in [1.29, 1.82) is 0 Å². The normalized spacial score (nSPS) is 12.1. The molecular weight excluding hydrogens is 280 g/mol. The summed E-state index contributed by atoms with van der Waals surface area (Å²) in [7, 11) is -1.35. The van der Waals surface area contributed by atoms with Crippen molar-refractivity contribution in [3.05, 3.63) is 28.7 Å². The molecule has 1 rings (SSSR count). The highest BCUT2D eigenvalue weighted by atomic mass is 79.9. The van der Waals surface area contributed by atoms with E-state index < -0.39 is 16.8 Å². The molecule has 0 aromatic heterocycles. The molecule has 0 saturated heterocycles. The number of carbonyl (C=O) groups excluding carboxylic acids is 1. The second kappa shape index (κ2) is 6.02. The van der Waals surface area contributed by atoms with E-state index in [2.05, 4.69) is 15.9 Å². The molecule has 0 bridgehead atoms. The van der Waals surface area contributed by atoms with Crippen molar-refractivity contribution < 1.29 is 13.7 Å². The molecule has 82 valence electrons. The van der Waals surface area contributed by atoms with Gasteiger partial charge < -0.3 is 4.74 Å². The van der Waals surface area contributed by atoms with E-state index in [9.17, 15) is 9.00 Å². The highest BCUT2D eigenvalue weighted by Crippen LogP contribution is 2.19. The summed E-state index contributed by atoms with van der Waals surface area (Å²) in [5.74, 6) is -0.539. The van der Waals surface area contributed by atoms with Gasteiger partial charge in [-0.1, -0.05) is 12.1 Å². The van der Waals surface area contributed by atoms with Crippen LogP contribution in [0.1, 0.15) is 6.92 Å². The molecule has 0 N–H and O–H groups in total. The van der Waals surface area contributed by atoms with Crippen LogP contribution in [0, 0.1) is 0 Å². The molecule has 15 heavy (non-hydrogen) atoms. The van der Waals surface area contributed by atoms with Gasteiger partial charge in [-0.2, -0.15) is 0 Å². The van der Waals surface area contributed by atoms with Gasteiger partial charge >= 0.3 is 5.97 Å². The summed E-state index contributed by atoms with van der Waals surface area (Å²) in [4.78, 5) is 11.7. The Morgan fingerprint density at radius 1 is 1.47 bits per heavy atom. The third-order valence-corrected chi connectivity index (χ3v) is 3.93. The molecule has 1 aromatic carbocycles. The van der Waals surface area contributed by atoms with E-state index in [1.165, 1.54) is 0 Å². The molecule has 0 spiro atoms. The predicted octanol–water partition coefficient (Wildman–Crippen LogP) is 2.12. The zero-order valence-corrected chi connectivity index (χ0v) is 10.6. The van der Waals surface area contributed by atoms with Crippen LogP contribution in [-0.4, -0.2) is 22.5 Å². The Labute approximate surface area is 99.4 Å². The van der Waals surface area contributed by atoms with Gasteiger partial charge in [0.2, 0.25) is 0 Å². The highest BCUT2D eigenvalue weighted by molar-refractivity contribution is 9.10. The topological polar surface area (TPSA) is 43.4 Å². The lowest BCUT2D eigenvalue weighted by Gasteiger charge is -2.04. The van der Waals surface area contributed by atoms with Crippen molar-refractivity contribution in [2.75, 3.05) is 12.4 Å². The summed E-state index contributed by atoms with van der Waals surface area (Å²) in [5.41, 5.74) is 0. The molecule has 1 aromatic rings. The quantitative estimate of drug-likeness (QED) is 0.798. The van der Waals surface area contributed by atoms with Gasteiger partial charge in [0.15, 0.2) is 0 Å². The van der Waals surface area contributed by atoms with Crippen LogP contribution in [0.3, 0.4) is 0 Å². The number of hydrogen-bond donors (Lipinski definition) is 0. The zero-order chi connectivity index (χ0) is 11.3. The lowest BCUT2D eigenvalue weighted by Crippen LogP contribution is -2.14. The molecule has 0 fully saturated rings. The first-order valence-corrected chi connectivity index (χ1v) is 6.55. The van der Waals surface area contributed by atoms with Crippen LogP contribution in [0.2, 0.25) is 0 Å². The van der Waals surface area contributed by atoms with Gasteiger partial charge in [0.25, 0.3) is 0 Å². The molecule has 0 saturated carbocycles. The van der Waals surface area contributed by atoms with E-state index in [0.717, 1.165) is 4.47 Å². The monoisotopic (exact) mass is 290 g/mol. The number of halogens is 1. The molecule has 0 aliphatic rings. The second-order valence-electron chi connectivity index (χ2n) is 2.73. The van der Waals surface area contributed by atoms with Gasteiger partial charge in [0.1, 0.15) is 5.75 Å². The fourth-order valence-electron chi connectivity index (χ4n) is 1.02. The largest absolute Gasteiger partial charge is 0.465 e. The smallest absolute Gasteiger partial charge is 0.318 e. The van der Waals surface area contributed by atoms with Crippen molar-refractivity contribution in [3.63, 3.8) is 0 Å². The van der Waals surface area contributed by atoms with Crippen LogP contribution < -0.4 is 0 Å². The van der Waals surface area contributed by atoms with Gasteiger partial charge in [-0.25, -0.2) is 0 Å². The van der Waals surface area contributed by atoms with Gasteiger partial charge in [-0.15, -0.1) is 0 Å². The number of rotatable bonds is 4. The molecule has 0 amide bonds. The van der Waals surface area contributed by atoms with Crippen LogP contribution in [0.5, 0.6) is 0 Å². The third-order valence-electron chi connectivity index (χ3n) is 1.64. The average Bonchev–Trinajstić information content (AvgIpc) is 2.18. The van der Waals surface area contributed by atoms with Crippen molar-refractivity contribution >= 4 is 32.7 Å². The second-order valence-corrected chi connectivity index (χ2v) is 5.00. The first-order valence-electron chi connectivity index (χ1n) is 4.43. The Morgan fingerprint density at radius 3 is 2.73 bits per heavy atom. The van der Waals surface area contributed by atoms with Gasteiger partial charge in [-0.3, -0.25) is 9.00 Å². The van der Waals surface area contributed by atoms with Gasteiger partial charge in [0.05, 0.1) is 22.3 Å². The Balaban J connectivity index is 2.70. The number of ether oxygens (including phenoxy) is 1. The minimum atomic E-state index is -1.35. The fourth-order valence-corrected chi connectivity index (χ4v) is 2.81. The molecule has 5 heteroatoms. The Morgan fingerprint density at radius 2 is 2.13 bits per heavy atom. The molecule has 0 heterocycles. The van der Waals surface area contributed by atoms with Crippen LogP contribution in [0.15, 0.2) is 33.6 Å². The minimum absolute atomic E-state index is 0.101. The SMILES string of the molecule is CCOC(=O)CS(=O)c1ccccc1Br. The van der Waals surface area contributed by atoms with Crippen molar-refractivity contribution in [3.8, 4) is 0 Å². The molecular formula is C10H11BrO3S. The molecule has 0 aliphatic heterocycles. The van der Waals surface area contributed by atoms with Crippen molar-refractivity contribution in [1.82, 2.24) is 0 Å². The predicted molar refractivity (Wildman–Crippen MR) is 62.1 cm³/mol. The minimum Gasteiger partial charge on any atom is -0.465 e.